The molecule has 1 atom stereocenters. The lowest BCUT2D eigenvalue weighted by Gasteiger charge is -2.18. The summed E-state index contributed by atoms with van der Waals surface area (Å²) in [6.45, 7) is 4.19. The minimum absolute atomic E-state index is 0.0588. The zero-order valence-corrected chi connectivity index (χ0v) is 11.8. The first-order valence-electron chi connectivity index (χ1n) is 5.36. The van der Waals surface area contributed by atoms with Gasteiger partial charge in [-0.3, -0.25) is 4.79 Å². The first-order chi connectivity index (χ1) is 7.93. The van der Waals surface area contributed by atoms with E-state index in [-0.39, 0.29) is 11.8 Å². The Balaban J connectivity index is 2.86. The summed E-state index contributed by atoms with van der Waals surface area (Å²) in [5, 5.41) is 8.73. The topological polar surface area (TPSA) is 44.1 Å². The average Bonchev–Trinajstić information content (AvgIpc) is 2.26. The Hall–Kier alpha value is -1.34. The Morgan fingerprint density at radius 3 is 2.71 bits per heavy atom. The molecule has 90 valence electrons. The summed E-state index contributed by atoms with van der Waals surface area (Å²) in [7, 11) is 1.71. The number of nitriles is 1. The van der Waals surface area contributed by atoms with Crippen LogP contribution in [0.2, 0.25) is 0 Å². The van der Waals surface area contributed by atoms with Gasteiger partial charge in [0.2, 0.25) is 0 Å². The van der Waals surface area contributed by atoms with Crippen LogP contribution in [0.4, 0.5) is 0 Å². The molecule has 0 saturated heterocycles. The number of hydrogen-bond donors (Lipinski definition) is 0. The fraction of sp³-hybridized carbons (Fsp3) is 0.385. The summed E-state index contributed by atoms with van der Waals surface area (Å²) in [6.07, 6.45) is 0. The Labute approximate surface area is 110 Å². The van der Waals surface area contributed by atoms with E-state index in [0.29, 0.717) is 12.1 Å². The minimum atomic E-state index is -0.155. The SMILES string of the molecule is Cc1cc(Br)cc(C(=O)N(C)CC(C)C#N)c1. The molecule has 4 heteroatoms. The average molecular weight is 295 g/mol. The van der Waals surface area contributed by atoms with E-state index in [1.54, 1.807) is 24.9 Å². The van der Waals surface area contributed by atoms with Gasteiger partial charge in [0.25, 0.3) is 5.91 Å². The van der Waals surface area contributed by atoms with Crippen molar-refractivity contribution in [1.29, 1.82) is 5.26 Å². The van der Waals surface area contributed by atoms with Crippen LogP contribution in [0, 0.1) is 24.2 Å². The number of nitrogens with zero attached hydrogens (tertiary/aromatic N) is 2. The Bertz CT molecular complexity index is 445. The maximum absolute atomic E-state index is 12.1. The Kier molecular flexibility index (Phi) is 4.71. The van der Waals surface area contributed by atoms with Crippen LogP contribution in [-0.4, -0.2) is 24.4 Å². The molecule has 0 aliphatic rings. The second-order valence-electron chi connectivity index (χ2n) is 4.23. The lowest BCUT2D eigenvalue weighted by Crippen LogP contribution is -2.30. The standard InChI is InChI=1S/C13H15BrN2O/c1-9-4-11(6-12(14)5-9)13(17)16(3)8-10(2)7-15/h4-6,10H,8H2,1-3H3. The fourth-order valence-corrected chi connectivity index (χ4v) is 2.22. The number of carbonyl (C=O) groups is 1. The van der Waals surface area contributed by atoms with Gasteiger partial charge in [-0.1, -0.05) is 15.9 Å². The van der Waals surface area contributed by atoms with E-state index in [2.05, 4.69) is 22.0 Å². The van der Waals surface area contributed by atoms with Gasteiger partial charge in [-0.2, -0.15) is 5.26 Å². The summed E-state index contributed by atoms with van der Waals surface area (Å²) >= 11 is 3.37. The quantitative estimate of drug-likeness (QED) is 0.860. The van der Waals surface area contributed by atoms with Crippen molar-refractivity contribution in [3.8, 4) is 6.07 Å². The number of halogens is 1. The van der Waals surface area contributed by atoms with Gasteiger partial charge in [0.05, 0.1) is 12.0 Å². The van der Waals surface area contributed by atoms with Gasteiger partial charge in [-0.25, -0.2) is 0 Å². The highest BCUT2D eigenvalue weighted by Gasteiger charge is 2.14. The summed E-state index contributed by atoms with van der Waals surface area (Å²) in [4.78, 5) is 13.7. The van der Waals surface area contributed by atoms with Gasteiger partial charge < -0.3 is 4.90 Å². The number of hydrogen-bond acceptors (Lipinski definition) is 2. The second-order valence-corrected chi connectivity index (χ2v) is 5.15. The van der Waals surface area contributed by atoms with Crippen LogP contribution in [0.1, 0.15) is 22.8 Å². The molecule has 1 aromatic rings. The number of rotatable bonds is 3. The predicted octanol–water partition coefficient (Wildman–Crippen LogP) is 2.99. The zero-order valence-electron chi connectivity index (χ0n) is 10.2. The van der Waals surface area contributed by atoms with Gasteiger partial charge in [-0.05, 0) is 37.6 Å². The van der Waals surface area contributed by atoms with Gasteiger partial charge in [0, 0.05) is 23.6 Å². The maximum atomic E-state index is 12.1. The van der Waals surface area contributed by atoms with Crippen molar-refractivity contribution in [1.82, 2.24) is 4.90 Å². The number of carbonyl (C=O) groups excluding carboxylic acids is 1. The normalized spacial score (nSPS) is 11.7. The van der Waals surface area contributed by atoms with E-state index in [1.807, 2.05) is 19.1 Å². The Morgan fingerprint density at radius 2 is 2.18 bits per heavy atom. The van der Waals surface area contributed by atoms with Gasteiger partial charge in [0.1, 0.15) is 0 Å². The summed E-state index contributed by atoms with van der Waals surface area (Å²) in [5.74, 6) is -0.214. The molecule has 0 bridgehead atoms. The molecular weight excluding hydrogens is 280 g/mol. The van der Waals surface area contributed by atoms with Crippen LogP contribution in [0.3, 0.4) is 0 Å². The predicted molar refractivity (Wildman–Crippen MR) is 70.6 cm³/mol. The van der Waals surface area contributed by atoms with Crippen LogP contribution >= 0.6 is 15.9 Å². The summed E-state index contributed by atoms with van der Waals surface area (Å²) < 4.78 is 0.891. The minimum Gasteiger partial charge on any atom is -0.340 e. The molecule has 1 unspecified atom stereocenters. The number of benzene rings is 1. The molecule has 0 N–H and O–H groups in total. The van der Waals surface area contributed by atoms with E-state index in [0.717, 1.165) is 10.0 Å². The molecule has 0 aliphatic heterocycles. The molecule has 3 nitrogen and oxygen atoms in total. The van der Waals surface area contributed by atoms with E-state index in [9.17, 15) is 4.79 Å². The van der Waals surface area contributed by atoms with Crippen LogP contribution in [0.15, 0.2) is 22.7 Å². The highest BCUT2D eigenvalue weighted by atomic mass is 79.9. The molecule has 0 aromatic heterocycles. The molecule has 17 heavy (non-hydrogen) atoms. The van der Waals surface area contributed by atoms with Crippen molar-refractivity contribution >= 4 is 21.8 Å². The Morgan fingerprint density at radius 1 is 1.53 bits per heavy atom. The van der Waals surface area contributed by atoms with Crippen LogP contribution in [-0.2, 0) is 0 Å². The third kappa shape index (κ3) is 3.86. The fourth-order valence-electron chi connectivity index (χ4n) is 1.61. The van der Waals surface area contributed by atoms with Crippen molar-refractivity contribution in [3.63, 3.8) is 0 Å². The first-order valence-corrected chi connectivity index (χ1v) is 6.15. The number of amides is 1. The molecule has 0 radical (unpaired) electrons. The van der Waals surface area contributed by atoms with Crippen LogP contribution < -0.4 is 0 Å². The van der Waals surface area contributed by atoms with E-state index in [1.165, 1.54) is 0 Å². The molecule has 1 rings (SSSR count). The highest BCUT2D eigenvalue weighted by molar-refractivity contribution is 9.10. The molecule has 0 heterocycles. The smallest absolute Gasteiger partial charge is 0.253 e. The first kappa shape index (κ1) is 13.7. The van der Waals surface area contributed by atoms with Crippen LogP contribution in [0.5, 0.6) is 0 Å². The van der Waals surface area contributed by atoms with Crippen molar-refractivity contribution in [3.05, 3.63) is 33.8 Å². The molecule has 1 amide bonds. The van der Waals surface area contributed by atoms with Crippen LogP contribution in [0.25, 0.3) is 0 Å². The lowest BCUT2D eigenvalue weighted by atomic mass is 10.1. The van der Waals surface area contributed by atoms with Gasteiger partial charge in [0.15, 0.2) is 0 Å². The summed E-state index contributed by atoms with van der Waals surface area (Å²) in [6, 6.07) is 7.72. The molecular formula is C13H15BrN2O. The monoisotopic (exact) mass is 294 g/mol. The van der Waals surface area contributed by atoms with E-state index >= 15 is 0 Å². The zero-order chi connectivity index (χ0) is 13.0. The van der Waals surface area contributed by atoms with E-state index < -0.39 is 0 Å². The summed E-state index contributed by atoms with van der Waals surface area (Å²) in [5.41, 5.74) is 1.67. The molecule has 1 aromatic carbocycles. The molecule has 0 aliphatic carbocycles. The van der Waals surface area contributed by atoms with Crippen molar-refractivity contribution in [2.24, 2.45) is 5.92 Å². The lowest BCUT2D eigenvalue weighted by molar-refractivity contribution is 0.0785. The number of aryl methyl sites for hydroxylation is 1. The van der Waals surface area contributed by atoms with Gasteiger partial charge in [-0.15, -0.1) is 0 Å². The second kappa shape index (κ2) is 5.83. The largest absolute Gasteiger partial charge is 0.340 e. The van der Waals surface area contributed by atoms with Gasteiger partial charge >= 0.3 is 0 Å². The van der Waals surface area contributed by atoms with Crippen molar-refractivity contribution in [2.45, 2.75) is 13.8 Å². The molecule has 0 fully saturated rings. The molecule has 0 saturated carbocycles. The van der Waals surface area contributed by atoms with E-state index in [4.69, 9.17) is 5.26 Å². The van der Waals surface area contributed by atoms with Crippen molar-refractivity contribution < 1.29 is 4.79 Å². The van der Waals surface area contributed by atoms with Crippen molar-refractivity contribution in [2.75, 3.05) is 13.6 Å². The maximum Gasteiger partial charge on any atom is 0.253 e. The molecule has 0 spiro atoms. The third-order valence-corrected chi connectivity index (χ3v) is 2.86. The highest BCUT2D eigenvalue weighted by Crippen LogP contribution is 2.16. The third-order valence-electron chi connectivity index (χ3n) is 2.40.